The average Bonchev–Trinajstić information content (AvgIpc) is 3.13. The number of amides is 1. The van der Waals surface area contributed by atoms with Crippen LogP contribution in [0.4, 0.5) is 0 Å². The molecule has 6 heteroatoms. The summed E-state index contributed by atoms with van der Waals surface area (Å²) < 4.78 is 7.11. The Labute approximate surface area is 131 Å². The van der Waals surface area contributed by atoms with Crippen LogP contribution in [0.2, 0.25) is 0 Å². The maximum Gasteiger partial charge on any atom is 0.270 e. The fraction of sp³-hybridized carbons (Fsp3) is 0.500. The number of nitrogens with zero attached hydrogens (tertiary/aromatic N) is 3. The summed E-state index contributed by atoms with van der Waals surface area (Å²) in [6.45, 7) is 8.52. The number of carbonyl (C=O) groups excluding carboxylic acids is 1. The molecule has 1 N–H and O–H groups in total. The van der Waals surface area contributed by atoms with E-state index in [-0.39, 0.29) is 5.91 Å². The molecular weight excluding hydrogens is 280 g/mol. The Morgan fingerprint density at radius 2 is 2.23 bits per heavy atom. The van der Waals surface area contributed by atoms with Gasteiger partial charge in [0.15, 0.2) is 0 Å². The van der Waals surface area contributed by atoms with Crippen molar-refractivity contribution >= 4 is 5.91 Å². The molecule has 0 aromatic carbocycles. The molecular formula is C16H24N4O2. The van der Waals surface area contributed by atoms with E-state index in [2.05, 4.69) is 17.0 Å². The molecule has 0 aliphatic heterocycles. The average molecular weight is 304 g/mol. The normalized spacial score (nSPS) is 10.9. The van der Waals surface area contributed by atoms with Gasteiger partial charge in [0.1, 0.15) is 5.69 Å². The number of aryl methyl sites for hydroxylation is 2. The van der Waals surface area contributed by atoms with Crippen LogP contribution in [0.3, 0.4) is 0 Å². The van der Waals surface area contributed by atoms with Gasteiger partial charge in [-0.25, -0.2) is 0 Å². The lowest BCUT2D eigenvalue weighted by molar-refractivity contribution is 0.0674. The van der Waals surface area contributed by atoms with Crippen LogP contribution in [0.25, 0.3) is 0 Å². The first-order valence-electron chi connectivity index (χ1n) is 7.53. The van der Waals surface area contributed by atoms with E-state index < -0.39 is 0 Å². The zero-order chi connectivity index (χ0) is 16.1. The molecule has 0 aliphatic rings. The van der Waals surface area contributed by atoms with Gasteiger partial charge in [-0.05, 0) is 32.9 Å². The van der Waals surface area contributed by atoms with Crippen LogP contribution in [0.5, 0.6) is 0 Å². The molecule has 0 atom stereocenters. The summed E-state index contributed by atoms with van der Waals surface area (Å²) in [5.74, 6) is -0.0231. The quantitative estimate of drug-likeness (QED) is 0.852. The largest absolute Gasteiger partial charge is 0.383 e. The van der Waals surface area contributed by atoms with E-state index >= 15 is 0 Å². The Kier molecular flexibility index (Phi) is 5.38. The Balaban J connectivity index is 2.23. The highest BCUT2D eigenvalue weighted by atomic mass is 16.5. The summed E-state index contributed by atoms with van der Waals surface area (Å²) in [6, 6.07) is 3.62. The van der Waals surface area contributed by atoms with Crippen molar-refractivity contribution in [3.05, 3.63) is 41.0 Å². The second-order valence-electron chi connectivity index (χ2n) is 5.27. The molecule has 0 spiro atoms. The van der Waals surface area contributed by atoms with Crippen molar-refractivity contribution < 1.29 is 9.53 Å². The minimum Gasteiger partial charge on any atom is -0.383 e. The van der Waals surface area contributed by atoms with Crippen molar-refractivity contribution in [2.75, 3.05) is 20.3 Å². The highest BCUT2D eigenvalue weighted by Crippen LogP contribution is 2.17. The van der Waals surface area contributed by atoms with Crippen molar-refractivity contribution in [1.82, 2.24) is 19.7 Å². The third-order valence-corrected chi connectivity index (χ3v) is 3.86. The lowest BCUT2D eigenvalue weighted by Gasteiger charge is -2.22. The number of hydrogen-bond acceptors (Lipinski definition) is 3. The first-order chi connectivity index (χ1) is 10.6. The van der Waals surface area contributed by atoms with Crippen LogP contribution in [-0.2, 0) is 17.8 Å². The van der Waals surface area contributed by atoms with Gasteiger partial charge >= 0.3 is 0 Å². The molecule has 2 rings (SSSR count). The maximum atomic E-state index is 12.6. The fourth-order valence-corrected chi connectivity index (χ4v) is 2.55. The van der Waals surface area contributed by atoms with E-state index in [1.54, 1.807) is 24.3 Å². The molecule has 0 radical (unpaired) electrons. The number of aromatic nitrogens is 3. The van der Waals surface area contributed by atoms with Crippen molar-refractivity contribution in [3.63, 3.8) is 0 Å². The molecule has 0 saturated heterocycles. The maximum absolute atomic E-state index is 12.6. The number of methoxy groups -OCH3 is 1. The molecule has 2 aromatic heterocycles. The Morgan fingerprint density at radius 1 is 1.45 bits per heavy atom. The fourth-order valence-electron chi connectivity index (χ4n) is 2.55. The minimum absolute atomic E-state index is 0.0231. The van der Waals surface area contributed by atoms with Crippen molar-refractivity contribution in [2.24, 2.45) is 0 Å². The molecule has 120 valence electrons. The highest BCUT2D eigenvalue weighted by molar-refractivity contribution is 5.92. The SMILES string of the molecule is CCn1nc(C)c(CN(CCOC)C(=O)c2ccc[nH]2)c1C. The molecule has 1 amide bonds. The molecule has 0 unspecified atom stereocenters. The summed E-state index contributed by atoms with van der Waals surface area (Å²) in [4.78, 5) is 17.4. The molecule has 2 aromatic rings. The Hall–Kier alpha value is -2.08. The Bertz CT molecular complexity index is 616. The zero-order valence-corrected chi connectivity index (χ0v) is 13.7. The van der Waals surface area contributed by atoms with E-state index in [4.69, 9.17) is 4.74 Å². The van der Waals surface area contributed by atoms with Crippen LogP contribution in [0.1, 0.15) is 34.4 Å². The van der Waals surface area contributed by atoms with Crippen LogP contribution < -0.4 is 0 Å². The standard InChI is InChI=1S/C16H24N4O2/c1-5-20-13(3)14(12(2)18-20)11-19(9-10-22-4)16(21)15-7-6-8-17-15/h6-8,17H,5,9-11H2,1-4H3. The minimum atomic E-state index is -0.0231. The highest BCUT2D eigenvalue weighted by Gasteiger charge is 2.20. The van der Waals surface area contributed by atoms with Gasteiger partial charge in [-0.15, -0.1) is 0 Å². The third kappa shape index (κ3) is 3.39. The van der Waals surface area contributed by atoms with Crippen LogP contribution in [0.15, 0.2) is 18.3 Å². The lowest BCUT2D eigenvalue weighted by Crippen LogP contribution is -2.34. The Morgan fingerprint density at radius 3 is 2.77 bits per heavy atom. The van der Waals surface area contributed by atoms with Gasteiger partial charge < -0.3 is 14.6 Å². The van der Waals surface area contributed by atoms with Gasteiger partial charge in [-0.2, -0.15) is 5.10 Å². The lowest BCUT2D eigenvalue weighted by atomic mass is 10.1. The number of ether oxygens (including phenoxy) is 1. The summed E-state index contributed by atoms with van der Waals surface area (Å²) in [7, 11) is 1.64. The number of carbonyl (C=O) groups is 1. The van der Waals surface area contributed by atoms with Gasteiger partial charge in [-0.3, -0.25) is 9.48 Å². The second kappa shape index (κ2) is 7.26. The van der Waals surface area contributed by atoms with Crippen molar-refractivity contribution in [1.29, 1.82) is 0 Å². The van der Waals surface area contributed by atoms with E-state index in [9.17, 15) is 4.79 Å². The smallest absolute Gasteiger partial charge is 0.270 e. The molecule has 0 aliphatic carbocycles. The first kappa shape index (κ1) is 16.3. The number of H-pyrrole nitrogens is 1. The summed E-state index contributed by atoms with van der Waals surface area (Å²) in [5, 5.41) is 4.52. The van der Waals surface area contributed by atoms with Gasteiger partial charge in [0.25, 0.3) is 5.91 Å². The van der Waals surface area contributed by atoms with Gasteiger partial charge in [-0.1, -0.05) is 0 Å². The van der Waals surface area contributed by atoms with Crippen molar-refractivity contribution in [2.45, 2.75) is 33.9 Å². The van der Waals surface area contributed by atoms with E-state index in [1.165, 1.54) is 0 Å². The predicted octanol–water partition coefficient (Wildman–Crippen LogP) is 2.14. The van der Waals surface area contributed by atoms with Crippen molar-refractivity contribution in [3.8, 4) is 0 Å². The zero-order valence-electron chi connectivity index (χ0n) is 13.7. The first-order valence-corrected chi connectivity index (χ1v) is 7.53. The van der Waals surface area contributed by atoms with Gasteiger partial charge in [0.05, 0.1) is 12.3 Å². The molecule has 2 heterocycles. The molecule has 0 fully saturated rings. The molecule has 6 nitrogen and oxygen atoms in total. The number of hydrogen-bond donors (Lipinski definition) is 1. The van der Waals surface area contributed by atoms with Gasteiger partial charge in [0.2, 0.25) is 0 Å². The molecule has 0 saturated carbocycles. The van der Waals surface area contributed by atoms with Crippen LogP contribution in [0, 0.1) is 13.8 Å². The topological polar surface area (TPSA) is 63.1 Å². The van der Waals surface area contributed by atoms with E-state index in [0.717, 1.165) is 23.5 Å². The predicted molar refractivity (Wildman–Crippen MR) is 84.8 cm³/mol. The van der Waals surface area contributed by atoms with E-state index in [1.807, 2.05) is 24.6 Å². The monoisotopic (exact) mass is 304 g/mol. The number of aromatic amines is 1. The summed E-state index contributed by atoms with van der Waals surface area (Å²) in [6.07, 6.45) is 1.76. The van der Waals surface area contributed by atoms with Gasteiger partial charge in [0, 0.05) is 44.2 Å². The second-order valence-corrected chi connectivity index (χ2v) is 5.27. The van der Waals surface area contributed by atoms with Crippen LogP contribution >= 0.6 is 0 Å². The molecule has 22 heavy (non-hydrogen) atoms. The summed E-state index contributed by atoms with van der Waals surface area (Å²) >= 11 is 0. The molecule has 0 bridgehead atoms. The van der Waals surface area contributed by atoms with Crippen LogP contribution in [-0.4, -0.2) is 45.8 Å². The summed E-state index contributed by atoms with van der Waals surface area (Å²) in [5.41, 5.74) is 3.79. The third-order valence-electron chi connectivity index (χ3n) is 3.86. The number of rotatable bonds is 7. The number of nitrogens with one attached hydrogen (secondary N) is 1. The van der Waals surface area contributed by atoms with E-state index in [0.29, 0.717) is 25.4 Å².